The van der Waals surface area contributed by atoms with Crippen molar-refractivity contribution in [2.24, 2.45) is 0 Å². The molecule has 2 aromatic carbocycles. The summed E-state index contributed by atoms with van der Waals surface area (Å²) < 4.78 is 10.5. The maximum atomic E-state index is 12.0. The summed E-state index contributed by atoms with van der Waals surface area (Å²) in [6.45, 7) is 1.56. The molecule has 24 heavy (non-hydrogen) atoms. The van der Waals surface area contributed by atoms with Crippen LogP contribution in [0.1, 0.15) is 5.56 Å². The number of non-ortho nitro benzene ring substituents is 1. The van der Waals surface area contributed by atoms with E-state index in [9.17, 15) is 14.9 Å². The lowest BCUT2D eigenvalue weighted by molar-refractivity contribution is -0.384. The molecule has 0 atom stereocenters. The first-order chi connectivity index (χ1) is 11.4. The van der Waals surface area contributed by atoms with E-state index in [1.165, 1.54) is 31.4 Å². The van der Waals surface area contributed by atoms with Gasteiger partial charge in [0.05, 0.1) is 17.7 Å². The minimum Gasteiger partial charge on any atom is -0.495 e. The molecule has 0 radical (unpaired) electrons. The number of methoxy groups -OCH3 is 1. The van der Waals surface area contributed by atoms with Gasteiger partial charge in [-0.25, -0.2) is 0 Å². The van der Waals surface area contributed by atoms with Crippen molar-refractivity contribution in [1.82, 2.24) is 0 Å². The maximum Gasteiger partial charge on any atom is 0.269 e. The van der Waals surface area contributed by atoms with Crippen molar-refractivity contribution < 1.29 is 19.2 Å². The average Bonchev–Trinajstić information content (AvgIpc) is 2.56. The summed E-state index contributed by atoms with van der Waals surface area (Å²) in [6.07, 6.45) is 0. The SMILES string of the molecule is COc1cc(Cl)c(C)cc1NC(=O)COc1ccc([N+](=O)[O-])cc1. The van der Waals surface area contributed by atoms with Crippen LogP contribution >= 0.6 is 11.6 Å². The van der Waals surface area contributed by atoms with E-state index in [4.69, 9.17) is 21.1 Å². The minimum atomic E-state index is -0.508. The third-order valence-corrected chi connectivity index (χ3v) is 3.58. The van der Waals surface area contributed by atoms with Crippen LogP contribution in [0.5, 0.6) is 11.5 Å². The fraction of sp³-hybridized carbons (Fsp3) is 0.188. The molecule has 1 N–H and O–H groups in total. The van der Waals surface area contributed by atoms with E-state index in [1.807, 2.05) is 6.92 Å². The molecular formula is C16H15ClN2O5. The van der Waals surface area contributed by atoms with Crippen LogP contribution in [0.3, 0.4) is 0 Å². The lowest BCUT2D eigenvalue weighted by atomic mass is 10.2. The van der Waals surface area contributed by atoms with E-state index >= 15 is 0 Å². The molecule has 0 aromatic heterocycles. The van der Waals surface area contributed by atoms with Gasteiger partial charge in [0.25, 0.3) is 11.6 Å². The average molecular weight is 351 g/mol. The molecule has 7 nitrogen and oxygen atoms in total. The quantitative estimate of drug-likeness (QED) is 0.635. The van der Waals surface area contributed by atoms with Crippen LogP contribution < -0.4 is 14.8 Å². The van der Waals surface area contributed by atoms with Crippen molar-refractivity contribution in [3.63, 3.8) is 0 Å². The Kier molecular flexibility index (Phi) is 5.59. The Morgan fingerprint density at radius 3 is 2.54 bits per heavy atom. The van der Waals surface area contributed by atoms with Crippen LogP contribution in [-0.4, -0.2) is 24.5 Å². The number of rotatable bonds is 6. The number of ether oxygens (including phenoxy) is 2. The van der Waals surface area contributed by atoms with Crippen LogP contribution in [0.4, 0.5) is 11.4 Å². The third-order valence-electron chi connectivity index (χ3n) is 3.17. The number of hydrogen-bond acceptors (Lipinski definition) is 5. The van der Waals surface area contributed by atoms with Crippen molar-refractivity contribution in [2.45, 2.75) is 6.92 Å². The Balaban J connectivity index is 1.98. The molecule has 0 aliphatic heterocycles. The van der Waals surface area contributed by atoms with Gasteiger partial charge in [-0.3, -0.25) is 14.9 Å². The number of benzene rings is 2. The number of aryl methyl sites for hydroxylation is 1. The van der Waals surface area contributed by atoms with E-state index in [0.717, 1.165) is 5.56 Å². The molecule has 0 bridgehead atoms. The van der Waals surface area contributed by atoms with Crippen LogP contribution in [0.15, 0.2) is 36.4 Å². The van der Waals surface area contributed by atoms with Gasteiger partial charge < -0.3 is 14.8 Å². The monoisotopic (exact) mass is 350 g/mol. The molecule has 2 rings (SSSR count). The van der Waals surface area contributed by atoms with Gasteiger partial charge in [0.1, 0.15) is 11.5 Å². The summed E-state index contributed by atoms with van der Waals surface area (Å²) in [5.41, 5.74) is 1.23. The molecule has 0 saturated carbocycles. The van der Waals surface area contributed by atoms with Crippen LogP contribution in [0.2, 0.25) is 5.02 Å². The highest BCUT2D eigenvalue weighted by atomic mass is 35.5. The third kappa shape index (κ3) is 4.36. The predicted molar refractivity (Wildman–Crippen MR) is 90.0 cm³/mol. The van der Waals surface area contributed by atoms with Crippen molar-refractivity contribution >= 4 is 28.9 Å². The second kappa shape index (κ2) is 7.65. The molecule has 8 heteroatoms. The molecular weight excluding hydrogens is 336 g/mol. The van der Waals surface area contributed by atoms with Crippen LogP contribution in [0.25, 0.3) is 0 Å². The number of nitrogens with one attached hydrogen (secondary N) is 1. The largest absolute Gasteiger partial charge is 0.495 e. The van der Waals surface area contributed by atoms with Gasteiger partial charge in [0.2, 0.25) is 0 Å². The van der Waals surface area contributed by atoms with E-state index < -0.39 is 10.8 Å². The molecule has 0 saturated heterocycles. The van der Waals surface area contributed by atoms with Gasteiger partial charge in [-0.05, 0) is 30.7 Å². The number of nitrogens with zero attached hydrogens (tertiary/aromatic N) is 1. The van der Waals surface area contributed by atoms with E-state index in [0.29, 0.717) is 22.2 Å². The summed E-state index contributed by atoms with van der Waals surface area (Å²) in [7, 11) is 1.48. The molecule has 0 unspecified atom stereocenters. The van der Waals surface area contributed by atoms with Crippen LogP contribution in [-0.2, 0) is 4.79 Å². The Hall–Kier alpha value is -2.80. The molecule has 0 heterocycles. The van der Waals surface area contributed by atoms with Gasteiger partial charge in [0, 0.05) is 23.2 Å². The highest BCUT2D eigenvalue weighted by Crippen LogP contribution is 2.30. The first-order valence-electron chi connectivity index (χ1n) is 6.92. The van der Waals surface area contributed by atoms with Gasteiger partial charge in [-0.1, -0.05) is 11.6 Å². The Morgan fingerprint density at radius 2 is 1.96 bits per heavy atom. The standard InChI is InChI=1S/C16H15ClN2O5/c1-10-7-14(15(23-2)8-13(10)17)18-16(20)9-24-12-5-3-11(4-6-12)19(21)22/h3-8H,9H2,1-2H3,(H,18,20). The number of nitro groups is 1. The number of amides is 1. The summed E-state index contributed by atoms with van der Waals surface area (Å²) in [4.78, 5) is 22.1. The molecule has 2 aromatic rings. The first-order valence-corrected chi connectivity index (χ1v) is 7.29. The lowest BCUT2D eigenvalue weighted by Crippen LogP contribution is -2.20. The summed E-state index contributed by atoms with van der Waals surface area (Å²) in [5, 5.41) is 13.8. The maximum absolute atomic E-state index is 12.0. The number of nitro benzene ring substituents is 1. The van der Waals surface area contributed by atoms with Gasteiger partial charge in [0.15, 0.2) is 6.61 Å². The van der Waals surface area contributed by atoms with Crippen molar-refractivity contribution in [3.8, 4) is 11.5 Å². The number of carbonyl (C=O) groups is 1. The Bertz CT molecular complexity index is 762. The zero-order chi connectivity index (χ0) is 17.7. The van der Waals surface area contributed by atoms with E-state index in [1.54, 1.807) is 12.1 Å². The Labute approximate surface area is 143 Å². The van der Waals surface area contributed by atoms with Crippen molar-refractivity contribution in [2.75, 3.05) is 19.0 Å². The molecule has 126 valence electrons. The zero-order valence-electron chi connectivity index (χ0n) is 13.0. The molecule has 0 aliphatic carbocycles. The summed E-state index contributed by atoms with van der Waals surface area (Å²) in [6, 6.07) is 8.78. The van der Waals surface area contributed by atoms with E-state index in [2.05, 4.69) is 5.32 Å². The molecule has 0 fully saturated rings. The number of halogens is 1. The lowest BCUT2D eigenvalue weighted by Gasteiger charge is -2.12. The second-order valence-corrected chi connectivity index (χ2v) is 5.30. The van der Waals surface area contributed by atoms with Gasteiger partial charge in [-0.2, -0.15) is 0 Å². The van der Waals surface area contributed by atoms with Gasteiger partial charge in [-0.15, -0.1) is 0 Å². The smallest absolute Gasteiger partial charge is 0.269 e. The summed E-state index contributed by atoms with van der Waals surface area (Å²) in [5.74, 6) is 0.401. The fourth-order valence-corrected chi connectivity index (χ4v) is 2.08. The van der Waals surface area contributed by atoms with E-state index in [-0.39, 0.29) is 12.3 Å². The summed E-state index contributed by atoms with van der Waals surface area (Å²) >= 11 is 6.01. The van der Waals surface area contributed by atoms with Crippen molar-refractivity contribution in [3.05, 3.63) is 57.1 Å². The first kappa shape index (κ1) is 17.6. The second-order valence-electron chi connectivity index (χ2n) is 4.89. The number of anilines is 1. The fourth-order valence-electron chi connectivity index (χ4n) is 1.93. The molecule has 1 amide bonds. The van der Waals surface area contributed by atoms with Crippen molar-refractivity contribution in [1.29, 1.82) is 0 Å². The highest BCUT2D eigenvalue weighted by molar-refractivity contribution is 6.31. The number of hydrogen-bond donors (Lipinski definition) is 1. The van der Waals surface area contributed by atoms with Gasteiger partial charge >= 0.3 is 0 Å². The minimum absolute atomic E-state index is 0.0480. The normalized spacial score (nSPS) is 10.1. The Morgan fingerprint density at radius 1 is 1.29 bits per heavy atom. The predicted octanol–water partition coefficient (Wildman–Crippen LogP) is 3.58. The zero-order valence-corrected chi connectivity index (χ0v) is 13.8. The number of carbonyl (C=O) groups excluding carboxylic acids is 1. The molecule has 0 aliphatic rings. The molecule has 0 spiro atoms. The van der Waals surface area contributed by atoms with Crippen LogP contribution in [0, 0.1) is 17.0 Å². The topological polar surface area (TPSA) is 90.7 Å². The highest BCUT2D eigenvalue weighted by Gasteiger charge is 2.11.